The van der Waals surface area contributed by atoms with E-state index in [1.165, 1.54) is 0 Å². The summed E-state index contributed by atoms with van der Waals surface area (Å²) in [7, 11) is 2.21. The van der Waals surface area contributed by atoms with Crippen LogP contribution in [0.15, 0.2) is 57.5 Å². The number of unbranched alkanes of at least 4 members (excludes halogenated alkanes) is 1. The fraction of sp³-hybridized carbons (Fsp3) is 0.647. The highest BCUT2D eigenvalue weighted by Gasteiger charge is 2.23. The maximum absolute atomic E-state index is 13.1. The van der Waals surface area contributed by atoms with E-state index < -0.39 is 248 Å². The van der Waals surface area contributed by atoms with Gasteiger partial charge in [0.05, 0.1) is 132 Å². The average Bonchev–Trinajstić information content (AvgIpc) is 0.980. The van der Waals surface area contributed by atoms with E-state index in [2.05, 4.69) is 9.47 Å². The third-order valence-electron chi connectivity index (χ3n) is 12.9. The zero-order valence-electron chi connectivity index (χ0n) is 50.5. The molecule has 0 amide bonds. The topological polar surface area (TPSA) is 503 Å². The van der Waals surface area contributed by atoms with Crippen molar-refractivity contribution >= 4 is 35.8 Å². The Morgan fingerprint density at radius 1 is 0.264 bits per heavy atom. The van der Waals surface area contributed by atoms with Crippen LogP contribution in [0.3, 0.4) is 0 Å². The van der Waals surface area contributed by atoms with Crippen LogP contribution in [0.5, 0.6) is 0 Å². The molecule has 40 nitrogen and oxygen atoms in total. The molecular weight excluding hydrogens is 1230 g/mol. The van der Waals surface area contributed by atoms with Gasteiger partial charge in [0, 0.05) is 39.3 Å². The minimum atomic E-state index is -1.13. The van der Waals surface area contributed by atoms with Crippen LogP contribution < -0.4 is 68.3 Å². The summed E-state index contributed by atoms with van der Waals surface area (Å²) in [5.74, 6) is -4.82. The number of aliphatic hydroxyl groups is 4. The zero-order valence-corrected chi connectivity index (χ0v) is 50.5. The van der Waals surface area contributed by atoms with Crippen molar-refractivity contribution in [3.63, 3.8) is 0 Å². The standard InChI is InChI=1S/C26H38N6O14.C25H36N6O14/c1-3-4-16-45-19(36)6-9-28-21(38)27(8-5-18(35)44-2)22(39)29(23(28)40)10-7-20(37)46-17-13-32-25(42)30(11-14-33)24(41)31(12-15-34)26(32)43;1-3-15-44-18(35)5-8-27-20(37)26(7-4-17(34)43-2)21(38)28(22(27)39)9-6-19(36)45-16-12-31-24(41)29(10-13-32)23(40)30(11-14-33)25(31)42/h33-34H,3-17H2,1-2H3;32-33H,3-16H2,1-2H3. The molecule has 0 aliphatic carbocycles. The lowest BCUT2D eigenvalue weighted by molar-refractivity contribution is -0.145. The molecule has 0 saturated heterocycles. The van der Waals surface area contributed by atoms with E-state index in [1.807, 2.05) is 6.92 Å². The number of hydrogen-bond donors (Lipinski definition) is 4. The van der Waals surface area contributed by atoms with Crippen molar-refractivity contribution in [2.24, 2.45) is 0 Å². The predicted molar refractivity (Wildman–Crippen MR) is 306 cm³/mol. The fourth-order valence-corrected chi connectivity index (χ4v) is 8.18. The van der Waals surface area contributed by atoms with E-state index in [0.29, 0.717) is 67.6 Å². The van der Waals surface area contributed by atoms with Crippen molar-refractivity contribution < 1.29 is 77.6 Å². The first-order valence-corrected chi connectivity index (χ1v) is 28.3. The number of carbonyl (C=O) groups is 6. The number of ether oxygens (including phenoxy) is 6. The monoisotopic (exact) mass is 1300 g/mol. The highest BCUT2D eigenvalue weighted by atomic mass is 16.5. The second-order valence-corrected chi connectivity index (χ2v) is 19.0. The molecule has 0 bridgehead atoms. The molecule has 0 atom stereocenters. The summed E-state index contributed by atoms with van der Waals surface area (Å²) in [6, 6.07) is 0. The molecule has 4 N–H and O–H groups in total. The van der Waals surface area contributed by atoms with Gasteiger partial charge in [-0.2, -0.15) is 0 Å². The fourth-order valence-electron chi connectivity index (χ4n) is 8.18. The summed E-state index contributed by atoms with van der Waals surface area (Å²) in [4.78, 5) is 226. The second-order valence-electron chi connectivity index (χ2n) is 19.0. The smallest absolute Gasteiger partial charge is 0.336 e. The minimum Gasteiger partial charge on any atom is -0.469 e. The van der Waals surface area contributed by atoms with E-state index in [1.54, 1.807) is 6.92 Å². The van der Waals surface area contributed by atoms with Crippen LogP contribution in [0.2, 0.25) is 0 Å². The lowest BCUT2D eigenvalue weighted by Gasteiger charge is -2.14. The molecule has 0 fully saturated rings. The van der Waals surface area contributed by atoms with Crippen LogP contribution in [0.1, 0.15) is 71.6 Å². The normalized spacial score (nSPS) is 10.9. The van der Waals surface area contributed by atoms with Crippen molar-refractivity contribution in [3.05, 3.63) is 126 Å². The van der Waals surface area contributed by atoms with Gasteiger partial charge in [0.1, 0.15) is 13.2 Å². The van der Waals surface area contributed by atoms with Gasteiger partial charge in [0.2, 0.25) is 0 Å². The molecule has 0 aliphatic rings. The number of aromatic nitrogens is 12. The quantitative estimate of drug-likeness (QED) is 0.0185. The molecule has 0 saturated carbocycles. The van der Waals surface area contributed by atoms with Gasteiger partial charge in [-0.25, -0.2) is 112 Å². The van der Waals surface area contributed by atoms with Gasteiger partial charge in [-0.15, -0.1) is 0 Å². The van der Waals surface area contributed by atoms with Crippen molar-refractivity contribution in [3.8, 4) is 0 Å². The van der Waals surface area contributed by atoms with Gasteiger partial charge in [-0.3, -0.25) is 28.8 Å². The minimum absolute atomic E-state index is 0.124. The Hall–Kier alpha value is -9.70. The van der Waals surface area contributed by atoms with Crippen LogP contribution in [0.4, 0.5) is 0 Å². The summed E-state index contributed by atoms with van der Waals surface area (Å²) in [5.41, 5.74) is -13.1. The molecule has 40 heteroatoms. The number of aliphatic hydroxyl groups excluding tert-OH is 4. The summed E-state index contributed by atoms with van der Waals surface area (Å²) in [5, 5.41) is 36.7. The van der Waals surface area contributed by atoms with Crippen LogP contribution in [-0.4, -0.2) is 178 Å². The van der Waals surface area contributed by atoms with E-state index in [-0.39, 0.29) is 26.1 Å². The Bertz CT molecular complexity index is 3890. The van der Waals surface area contributed by atoms with Crippen molar-refractivity contribution in [1.29, 1.82) is 0 Å². The van der Waals surface area contributed by atoms with Crippen LogP contribution in [-0.2, 0) is 136 Å². The first-order valence-electron chi connectivity index (χ1n) is 28.3. The molecule has 506 valence electrons. The number of nitrogens with zero attached hydrogens (tertiary/aromatic N) is 12. The molecule has 4 aromatic rings. The van der Waals surface area contributed by atoms with Crippen LogP contribution in [0, 0.1) is 0 Å². The summed E-state index contributed by atoms with van der Waals surface area (Å²) < 4.78 is 36.1. The Kier molecular flexibility index (Phi) is 31.5. The molecule has 0 spiro atoms. The van der Waals surface area contributed by atoms with E-state index >= 15 is 0 Å². The Balaban J connectivity index is 0.000000475. The molecular formula is C51H74N12O28. The number of esters is 6. The average molecular weight is 1300 g/mol. The van der Waals surface area contributed by atoms with Crippen molar-refractivity contribution in [1.82, 2.24) is 54.8 Å². The summed E-state index contributed by atoms with van der Waals surface area (Å²) in [6.07, 6.45) is -0.784. The van der Waals surface area contributed by atoms with Gasteiger partial charge in [0.25, 0.3) is 0 Å². The number of rotatable bonds is 37. The van der Waals surface area contributed by atoms with Crippen molar-refractivity contribution in [2.45, 2.75) is 150 Å². The van der Waals surface area contributed by atoms with Gasteiger partial charge in [0.15, 0.2) is 0 Å². The molecule has 4 heterocycles. The van der Waals surface area contributed by atoms with Gasteiger partial charge in [-0.1, -0.05) is 20.3 Å². The van der Waals surface area contributed by atoms with Crippen LogP contribution >= 0.6 is 0 Å². The number of carbonyl (C=O) groups excluding carboxylic acids is 6. The maximum atomic E-state index is 13.1. The molecule has 0 unspecified atom stereocenters. The van der Waals surface area contributed by atoms with E-state index in [0.717, 1.165) is 20.6 Å². The maximum Gasteiger partial charge on any atom is 0.336 e. The SMILES string of the molecule is CCCCOC(=O)CCn1c(=O)n(CCC(=O)OC)c(=O)n(CCC(=O)OCCn2c(=O)n(CCO)c(=O)n(CCO)c2=O)c1=O.CCCOC(=O)CCn1c(=O)n(CCC(=O)OC)c(=O)n(CCC(=O)OCCn2c(=O)n(CCO)c(=O)n(CCO)c2=O)c1=O. The summed E-state index contributed by atoms with van der Waals surface area (Å²) in [6.45, 7) is -5.31. The Morgan fingerprint density at radius 3 is 0.648 bits per heavy atom. The molecule has 0 radical (unpaired) electrons. The summed E-state index contributed by atoms with van der Waals surface area (Å²) >= 11 is 0. The molecule has 4 aromatic heterocycles. The highest BCUT2D eigenvalue weighted by Crippen LogP contribution is 1.98. The zero-order chi connectivity index (χ0) is 68.1. The lowest BCUT2D eigenvalue weighted by atomic mass is 10.3. The van der Waals surface area contributed by atoms with E-state index in [4.69, 9.17) is 29.2 Å². The van der Waals surface area contributed by atoms with Gasteiger partial charge < -0.3 is 48.8 Å². The highest BCUT2D eigenvalue weighted by molar-refractivity contribution is 5.71. The molecule has 0 aromatic carbocycles. The predicted octanol–water partition coefficient (Wildman–Crippen LogP) is -9.25. The third-order valence-corrected chi connectivity index (χ3v) is 12.9. The van der Waals surface area contributed by atoms with E-state index in [9.17, 15) is 96.5 Å². The first kappa shape index (κ1) is 75.5. The number of methoxy groups -OCH3 is 2. The molecule has 4 rings (SSSR count). The third kappa shape index (κ3) is 20.9. The second kappa shape index (κ2) is 38.0. The Labute approximate surface area is 510 Å². The first-order chi connectivity index (χ1) is 43.3. The van der Waals surface area contributed by atoms with Crippen LogP contribution in [0.25, 0.3) is 0 Å². The van der Waals surface area contributed by atoms with Crippen molar-refractivity contribution in [2.75, 3.05) is 67.1 Å². The van der Waals surface area contributed by atoms with Gasteiger partial charge in [-0.05, 0) is 12.8 Å². The Morgan fingerprint density at radius 2 is 0.451 bits per heavy atom. The lowest BCUT2D eigenvalue weighted by Crippen LogP contribution is -2.55. The number of hydrogen-bond acceptors (Lipinski definition) is 28. The van der Waals surface area contributed by atoms with Gasteiger partial charge >= 0.3 is 104 Å². The largest absolute Gasteiger partial charge is 0.469 e. The molecule has 0 aliphatic heterocycles. The molecule has 91 heavy (non-hydrogen) atoms.